The number of carbonyl (C=O) groups is 1. The van der Waals surface area contributed by atoms with Gasteiger partial charge in [-0.2, -0.15) is 0 Å². The number of hydrogen-bond donors (Lipinski definition) is 2. The van der Waals surface area contributed by atoms with E-state index in [1.807, 2.05) is 18.2 Å². The first-order valence-corrected chi connectivity index (χ1v) is 7.34. The maximum atomic E-state index is 11.0. The molecule has 2 N–H and O–H groups in total. The van der Waals surface area contributed by atoms with Gasteiger partial charge in [-0.25, -0.2) is 0 Å². The molecule has 0 unspecified atom stereocenters. The van der Waals surface area contributed by atoms with E-state index < -0.39 is 0 Å². The van der Waals surface area contributed by atoms with Crippen LogP contribution in [0.1, 0.15) is 39.0 Å². The van der Waals surface area contributed by atoms with E-state index in [4.69, 9.17) is 11.6 Å². The monoisotopic (exact) mass is 280 g/mol. The molecule has 104 valence electrons. The van der Waals surface area contributed by atoms with Crippen LogP contribution in [-0.4, -0.2) is 12.5 Å². The highest BCUT2D eigenvalue weighted by Crippen LogP contribution is 2.27. The highest BCUT2D eigenvalue weighted by atomic mass is 35.5. The van der Waals surface area contributed by atoms with Gasteiger partial charge >= 0.3 is 0 Å². The lowest BCUT2D eigenvalue weighted by atomic mass is 9.89. The van der Waals surface area contributed by atoms with Crippen LogP contribution < -0.4 is 10.6 Å². The Labute approximate surface area is 119 Å². The first kappa shape index (κ1) is 14.2. The van der Waals surface area contributed by atoms with E-state index in [0.717, 1.165) is 18.2 Å². The van der Waals surface area contributed by atoms with Crippen LogP contribution in [0.25, 0.3) is 0 Å². The summed E-state index contributed by atoms with van der Waals surface area (Å²) in [5.74, 6) is 0.673. The Morgan fingerprint density at radius 3 is 2.68 bits per heavy atom. The van der Waals surface area contributed by atoms with Crippen molar-refractivity contribution in [1.82, 2.24) is 0 Å². The van der Waals surface area contributed by atoms with Gasteiger partial charge in [0.25, 0.3) is 0 Å². The molecule has 0 bridgehead atoms. The number of carbonyl (C=O) groups excluding carboxylic acids is 1. The van der Waals surface area contributed by atoms with Crippen molar-refractivity contribution >= 4 is 28.9 Å². The third-order valence-corrected chi connectivity index (χ3v) is 3.91. The molecule has 0 atom stereocenters. The van der Waals surface area contributed by atoms with Crippen molar-refractivity contribution in [2.45, 2.75) is 39.0 Å². The van der Waals surface area contributed by atoms with E-state index in [-0.39, 0.29) is 5.91 Å². The lowest BCUT2D eigenvalue weighted by molar-refractivity contribution is -0.114. The minimum atomic E-state index is -0.107. The van der Waals surface area contributed by atoms with E-state index in [1.165, 1.54) is 39.0 Å². The summed E-state index contributed by atoms with van der Waals surface area (Å²) in [7, 11) is 0. The molecular weight excluding hydrogens is 260 g/mol. The van der Waals surface area contributed by atoms with Crippen LogP contribution >= 0.6 is 11.6 Å². The molecule has 4 heteroatoms. The Bertz CT molecular complexity index is 442. The fourth-order valence-electron chi connectivity index (χ4n) is 2.57. The number of benzene rings is 1. The zero-order chi connectivity index (χ0) is 13.7. The zero-order valence-electron chi connectivity index (χ0n) is 11.3. The number of anilines is 2. The number of rotatable bonds is 4. The zero-order valence-corrected chi connectivity index (χ0v) is 12.1. The molecule has 0 heterocycles. The van der Waals surface area contributed by atoms with Gasteiger partial charge in [-0.15, -0.1) is 0 Å². The molecule has 0 saturated heterocycles. The topological polar surface area (TPSA) is 41.1 Å². The largest absolute Gasteiger partial charge is 0.385 e. The van der Waals surface area contributed by atoms with Crippen LogP contribution in [0.3, 0.4) is 0 Å². The molecule has 1 aromatic carbocycles. The normalized spacial score (nSPS) is 16.1. The Morgan fingerprint density at radius 2 is 2.05 bits per heavy atom. The second kappa shape index (κ2) is 6.80. The Balaban J connectivity index is 1.90. The minimum Gasteiger partial charge on any atom is -0.385 e. The highest BCUT2D eigenvalue weighted by molar-refractivity contribution is 6.34. The second-order valence-corrected chi connectivity index (χ2v) is 5.67. The highest BCUT2D eigenvalue weighted by Gasteiger charge is 2.13. The number of nitrogens with one attached hydrogen (secondary N) is 2. The summed E-state index contributed by atoms with van der Waals surface area (Å²) < 4.78 is 0. The summed E-state index contributed by atoms with van der Waals surface area (Å²) in [5.41, 5.74) is 1.68. The average Bonchev–Trinajstić information content (AvgIpc) is 2.40. The fourth-order valence-corrected chi connectivity index (χ4v) is 2.80. The Kier molecular flexibility index (Phi) is 5.08. The van der Waals surface area contributed by atoms with Crippen LogP contribution in [-0.2, 0) is 4.79 Å². The molecular formula is C15H21ClN2O. The third-order valence-electron chi connectivity index (χ3n) is 3.60. The summed E-state index contributed by atoms with van der Waals surface area (Å²) in [4.78, 5) is 11.0. The predicted molar refractivity (Wildman–Crippen MR) is 80.8 cm³/mol. The minimum absolute atomic E-state index is 0.107. The number of hydrogen-bond acceptors (Lipinski definition) is 2. The smallest absolute Gasteiger partial charge is 0.221 e. The number of halogens is 1. The van der Waals surface area contributed by atoms with Crippen LogP contribution in [0.2, 0.25) is 5.02 Å². The van der Waals surface area contributed by atoms with E-state index in [2.05, 4.69) is 10.6 Å². The van der Waals surface area contributed by atoms with Gasteiger partial charge in [0.05, 0.1) is 10.7 Å². The van der Waals surface area contributed by atoms with Crippen molar-refractivity contribution in [3.63, 3.8) is 0 Å². The van der Waals surface area contributed by atoms with E-state index in [1.54, 1.807) is 0 Å². The van der Waals surface area contributed by atoms with Crippen molar-refractivity contribution in [1.29, 1.82) is 0 Å². The van der Waals surface area contributed by atoms with Gasteiger partial charge in [0.1, 0.15) is 0 Å². The molecule has 0 aliphatic heterocycles. The first-order valence-electron chi connectivity index (χ1n) is 6.96. The molecule has 1 saturated carbocycles. The summed E-state index contributed by atoms with van der Waals surface area (Å²) >= 11 is 6.14. The van der Waals surface area contributed by atoms with Gasteiger partial charge in [-0.3, -0.25) is 4.79 Å². The summed E-state index contributed by atoms with van der Waals surface area (Å²) in [6.07, 6.45) is 6.74. The third kappa shape index (κ3) is 4.43. The van der Waals surface area contributed by atoms with Gasteiger partial charge in [0.15, 0.2) is 0 Å². The van der Waals surface area contributed by atoms with Crippen molar-refractivity contribution < 1.29 is 4.79 Å². The molecule has 0 aromatic heterocycles. The Morgan fingerprint density at radius 1 is 1.32 bits per heavy atom. The van der Waals surface area contributed by atoms with Gasteiger partial charge in [-0.05, 0) is 37.0 Å². The standard InChI is InChI=1S/C15H21ClN2O/c1-11(19)18-15-8-7-13(9-14(15)16)17-10-12-5-3-2-4-6-12/h7-9,12,17H,2-6,10H2,1H3,(H,18,19). The molecule has 2 rings (SSSR count). The molecule has 19 heavy (non-hydrogen) atoms. The van der Waals surface area contributed by atoms with Crippen LogP contribution in [0.4, 0.5) is 11.4 Å². The molecule has 0 spiro atoms. The van der Waals surface area contributed by atoms with Crippen LogP contribution in [0.15, 0.2) is 18.2 Å². The molecule has 1 amide bonds. The van der Waals surface area contributed by atoms with E-state index >= 15 is 0 Å². The van der Waals surface area contributed by atoms with Crippen molar-refractivity contribution in [2.24, 2.45) is 5.92 Å². The second-order valence-electron chi connectivity index (χ2n) is 5.26. The molecule has 1 aromatic rings. The molecule has 3 nitrogen and oxygen atoms in total. The van der Waals surface area contributed by atoms with Gasteiger partial charge in [0.2, 0.25) is 5.91 Å². The van der Waals surface area contributed by atoms with Crippen molar-refractivity contribution in [3.8, 4) is 0 Å². The SMILES string of the molecule is CC(=O)Nc1ccc(NCC2CCCCC2)cc1Cl. The summed E-state index contributed by atoms with van der Waals surface area (Å²) in [6.45, 7) is 2.49. The average molecular weight is 281 g/mol. The number of amides is 1. The first-order chi connectivity index (χ1) is 9.15. The summed E-state index contributed by atoms with van der Waals surface area (Å²) in [6, 6.07) is 5.67. The fraction of sp³-hybridized carbons (Fsp3) is 0.533. The maximum Gasteiger partial charge on any atom is 0.221 e. The predicted octanol–water partition coefficient (Wildman–Crippen LogP) is 4.29. The molecule has 1 aliphatic carbocycles. The quantitative estimate of drug-likeness (QED) is 0.864. The van der Waals surface area contributed by atoms with Gasteiger partial charge in [-0.1, -0.05) is 30.9 Å². The van der Waals surface area contributed by atoms with Crippen LogP contribution in [0, 0.1) is 5.92 Å². The maximum absolute atomic E-state index is 11.0. The van der Waals surface area contributed by atoms with Crippen molar-refractivity contribution in [2.75, 3.05) is 17.2 Å². The van der Waals surface area contributed by atoms with E-state index in [9.17, 15) is 4.79 Å². The lowest BCUT2D eigenvalue weighted by Crippen LogP contribution is -2.17. The van der Waals surface area contributed by atoms with E-state index in [0.29, 0.717) is 10.7 Å². The molecule has 1 aliphatic rings. The molecule has 1 fully saturated rings. The van der Waals surface area contributed by atoms with Crippen LogP contribution in [0.5, 0.6) is 0 Å². The summed E-state index contributed by atoms with van der Waals surface area (Å²) in [5, 5.41) is 6.72. The molecule has 0 radical (unpaired) electrons. The van der Waals surface area contributed by atoms with Crippen molar-refractivity contribution in [3.05, 3.63) is 23.2 Å². The lowest BCUT2D eigenvalue weighted by Gasteiger charge is -2.22. The van der Waals surface area contributed by atoms with Gasteiger partial charge < -0.3 is 10.6 Å². The van der Waals surface area contributed by atoms with Gasteiger partial charge in [0, 0.05) is 19.2 Å². The Hall–Kier alpha value is -1.22.